The Bertz CT molecular complexity index is 544. The average molecular weight is 322 g/mol. The number of nitrogens with two attached hydrogens (primary N) is 1. The number of anilines is 2. The number of sulfonamides is 1. The monoisotopic (exact) mass is 321 g/mol. The maximum atomic E-state index is 11.7. The van der Waals surface area contributed by atoms with Gasteiger partial charge in [-0.25, -0.2) is 8.42 Å². The molecule has 0 fully saturated rings. The van der Waals surface area contributed by atoms with Gasteiger partial charge in [0.2, 0.25) is 15.9 Å². The van der Waals surface area contributed by atoms with E-state index in [0.717, 1.165) is 6.26 Å². The van der Waals surface area contributed by atoms with E-state index in [4.69, 9.17) is 5.73 Å². The molecule has 1 aromatic rings. The molecule has 20 heavy (non-hydrogen) atoms. The van der Waals surface area contributed by atoms with Crippen molar-refractivity contribution in [3.63, 3.8) is 0 Å². The first-order chi connectivity index (χ1) is 8.69. The molecular weight excluding hydrogens is 302 g/mol. The Balaban J connectivity index is 0.00000361. The van der Waals surface area contributed by atoms with Crippen LogP contribution in [0.1, 0.15) is 13.8 Å². The molecule has 0 aliphatic rings. The van der Waals surface area contributed by atoms with Crippen molar-refractivity contribution in [2.45, 2.75) is 19.9 Å². The van der Waals surface area contributed by atoms with Gasteiger partial charge in [0.1, 0.15) is 0 Å². The second-order valence-electron chi connectivity index (χ2n) is 4.71. The largest absolute Gasteiger partial charge is 0.325 e. The topological polar surface area (TPSA) is 101 Å². The van der Waals surface area contributed by atoms with Crippen molar-refractivity contribution in [1.29, 1.82) is 0 Å². The van der Waals surface area contributed by atoms with E-state index in [-0.39, 0.29) is 24.2 Å². The minimum Gasteiger partial charge on any atom is -0.325 e. The van der Waals surface area contributed by atoms with Crippen molar-refractivity contribution < 1.29 is 13.2 Å². The molecule has 0 saturated carbocycles. The summed E-state index contributed by atoms with van der Waals surface area (Å²) in [5.41, 5.74) is 6.73. The smallest absolute Gasteiger partial charge is 0.241 e. The van der Waals surface area contributed by atoms with Crippen LogP contribution in [0.2, 0.25) is 0 Å². The van der Waals surface area contributed by atoms with Gasteiger partial charge >= 0.3 is 0 Å². The second kappa shape index (κ2) is 7.47. The van der Waals surface area contributed by atoms with E-state index in [9.17, 15) is 13.2 Å². The number of amides is 1. The fourth-order valence-electron chi connectivity index (χ4n) is 1.36. The normalized spacial score (nSPS) is 12.4. The Kier molecular flexibility index (Phi) is 6.98. The summed E-state index contributed by atoms with van der Waals surface area (Å²) in [5, 5.41) is 2.67. The van der Waals surface area contributed by atoms with Gasteiger partial charge in [0.15, 0.2) is 0 Å². The van der Waals surface area contributed by atoms with Crippen LogP contribution in [0, 0.1) is 5.92 Å². The lowest BCUT2D eigenvalue weighted by molar-refractivity contribution is -0.118. The van der Waals surface area contributed by atoms with Gasteiger partial charge in [0.25, 0.3) is 0 Å². The van der Waals surface area contributed by atoms with E-state index < -0.39 is 16.1 Å². The van der Waals surface area contributed by atoms with E-state index in [0.29, 0.717) is 11.4 Å². The summed E-state index contributed by atoms with van der Waals surface area (Å²) in [7, 11) is -3.30. The number of carbonyl (C=O) groups is 1. The van der Waals surface area contributed by atoms with Crippen LogP contribution in [-0.2, 0) is 14.8 Å². The van der Waals surface area contributed by atoms with Gasteiger partial charge in [-0.05, 0) is 30.2 Å². The molecular formula is C12H20ClN3O3S. The number of nitrogens with one attached hydrogen (secondary N) is 2. The number of halogens is 1. The predicted molar refractivity (Wildman–Crippen MR) is 83.6 cm³/mol. The highest BCUT2D eigenvalue weighted by Gasteiger charge is 2.17. The number of hydrogen-bond donors (Lipinski definition) is 3. The molecule has 0 aliphatic heterocycles. The first-order valence-corrected chi connectivity index (χ1v) is 7.72. The van der Waals surface area contributed by atoms with Crippen molar-refractivity contribution in [3.05, 3.63) is 24.3 Å². The van der Waals surface area contributed by atoms with Crippen LogP contribution < -0.4 is 15.8 Å². The Morgan fingerprint density at radius 1 is 1.15 bits per heavy atom. The highest BCUT2D eigenvalue weighted by atomic mass is 35.5. The van der Waals surface area contributed by atoms with Crippen LogP contribution in [0.4, 0.5) is 11.4 Å². The van der Waals surface area contributed by atoms with Crippen LogP contribution in [-0.4, -0.2) is 26.6 Å². The Hall–Kier alpha value is -1.31. The first-order valence-electron chi connectivity index (χ1n) is 5.83. The summed E-state index contributed by atoms with van der Waals surface area (Å²) < 4.78 is 24.4. The highest BCUT2D eigenvalue weighted by molar-refractivity contribution is 7.92. The number of rotatable bonds is 5. The quantitative estimate of drug-likeness (QED) is 0.763. The molecule has 0 radical (unpaired) electrons. The molecule has 0 aliphatic carbocycles. The molecule has 0 unspecified atom stereocenters. The lowest BCUT2D eigenvalue weighted by Gasteiger charge is -2.15. The summed E-state index contributed by atoms with van der Waals surface area (Å²) in [6, 6.07) is 5.78. The van der Waals surface area contributed by atoms with E-state index >= 15 is 0 Å². The molecule has 0 aromatic heterocycles. The zero-order valence-corrected chi connectivity index (χ0v) is 13.2. The number of hydrogen-bond acceptors (Lipinski definition) is 4. The van der Waals surface area contributed by atoms with E-state index in [1.54, 1.807) is 24.3 Å². The third-order valence-electron chi connectivity index (χ3n) is 2.48. The Morgan fingerprint density at radius 3 is 2.00 bits per heavy atom. The van der Waals surface area contributed by atoms with Gasteiger partial charge in [-0.3, -0.25) is 9.52 Å². The standard InChI is InChI=1S/C12H19N3O3S.ClH/c1-8(2)11(13)12(16)14-9-4-6-10(7-5-9)15-19(3,17)18;/h4-8,11,15H,13H2,1-3H3,(H,14,16);1H/t11-;/m0./s1. The SMILES string of the molecule is CC(C)[C@H](N)C(=O)Nc1ccc(NS(C)(=O)=O)cc1.Cl. The molecule has 8 heteroatoms. The van der Waals surface area contributed by atoms with E-state index in [1.165, 1.54) is 0 Å². The summed E-state index contributed by atoms with van der Waals surface area (Å²) >= 11 is 0. The van der Waals surface area contributed by atoms with Crippen molar-refractivity contribution in [3.8, 4) is 0 Å². The Labute approximate surface area is 125 Å². The van der Waals surface area contributed by atoms with Gasteiger partial charge in [0.05, 0.1) is 12.3 Å². The molecule has 1 atom stereocenters. The van der Waals surface area contributed by atoms with Crippen molar-refractivity contribution in [2.24, 2.45) is 11.7 Å². The van der Waals surface area contributed by atoms with Gasteiger partial charge < -0.3 is 11.1 Å². The summed E-state index contributed by atoms with van der Waals surface area (Å²) in [5.74, 6) is -0.218. The molecule has 6 nitrogen and oxygen atoms in total. The summed E-state index contributed by atoms with van der Waals surface area (Å²) in [6.45, 7) is 3.73. The van der Waals surface area contributed by atoms with Gasteiger partial charge in [-0.15, -0.1) is 12.4 Å². The van der Waals surface area contributed by atoms with Crippen molar-refractivity contribution >= 4 is 39.7 Å². The summed E-state index contributed by atoms with van der Waals surface area (Å²) in [4.78, 5) is 11.7. The molecule has 0 saturated heterocycles. The van der Waals surface area contributed by atoms with Crippen LogP contribution in [0.3, 0.4) is 0 Å². The van der Waals surface area contributed by atoms with Crippen molar-refractivity contribution in [1.82, 2.24) is 0 Å². The molecule has 0 bridgehead atoms. The molecule has 4 N–H and O–H groups in total. The minimum atomic E-state index is -3.30. The van der Waals surface area contributed by atoms with Crippen molar-refractivity contribution in [2.75, 3.05) is 16.3 Å². The summed E-state index contributed by atoms with van der Waals surface area (Å²) in [6.07, 6.45) is 1.07. The minimum absolute atomic E-state index is 0. The second-order valence-corrected chi connectivity index (χ2v) is 6.46. The zero-order valence-electron chi connectivity index (χ0n) is 11.6. The fraction of sp³-hybridized carbons (Fsp3) is 0.417. The molecule has 0 spiro atoms. The van der Waals surface area contributed by atoms with Crippen LogP contribution in [0.15, 0.2) is 24.3 Å². The first kappa shape index (κ1) is 18.7. The predicted octanol–water partition coefficient (Wildman–Crippen LogP) is 1.40. The number of carbonyl (C=O) groups excluding carboxylic acids is 1. The molecule has 1 rings (SSSR count). The number of benzene rings is 1. The molecule has 0 heterocycles. The van der Waals surface area contributed by atoms with Crippen LogP contribution >= 0.6 is 12.4 Å². The van der Waals surface area contributed by atoms with E-state index in [1.807, 2.05) is 13.8 Å². The molecule has 114 valence electrons. The Morgan fingerprint density at radius 2 is 1.60 bits per heavy atom. The molecule has 1 amide bonds. The van der Waals surface area contributed by atoms with Gasteiger partial charge in [-0.1, -0.05) is 13.8 Å². The lowest BCUT2D eigenvalue weighted by Crippen LogP contribution is -2.39. The third-order valence-corrected chi connectivity index (χ3v) is 3.08. The van der Waals surface area contributed by atoms with E-state index in [2.05, 4.69) is 10.0 Å². The van der Waals surface area contributed by atoms with Crippen LogP contribution in [0.5, 0.6) is 0 Å². The van der Waals surface area contributed by atoms with Crippen LogP contribution in [0.25, 0.3) is 0 Å². The lowest BCUT2D eigenvalue weighted by atomic mass is 10.0. The maximum absolute atomic E-state index is 11.7. The average Bonchev–Trinajstić information content (AvgIpc) is 2.28. The van der Waals surface area contributed by atoms with Gasteiger partial charge in [-0.2, -0.15) is 0 Å². The highest BCUT2D eigenvalue weighted by Crippen LogP contribution is 2.15. The molecule has 1 aromatic carbocycles. The maximum Gasteiger partial charge on any atom is 0.241 e. The third kappa shape index (κ3) is 6.23. The fourth-order valence-corrected chi connectivity index (χ4v) is 1.93. The zero-order chi connectivity index (χ0) is 14.6. The van der Waals surface area contributed by atoms with Gasteiger partial charge in [0, 0.05) is 11.4 Å².